The van der Waals surface area contributed by atoms with Gasteiger partial charge in [-0.15, -0.1) is 6.58 Å². The zero-order valence-electron chi connectivity index (χ0n) is 12.0. The van der Waals surface area contributed by atoms with Crippen LogP contribution in [0.1, 0.15) is 12.5 Å². The first-order valence-corrected chi connectivity index (χ1v) is 7.92. The van der Waals surface area contributed by atoms with Crippen molar-refractivity contribution in [2.75, 3.05) is 13.1 Å². The van der Waals surface area contributed by atoms with Crippen LogP contribution < -0.4 is 0 Å². The molecule has 0 unspecified atom stereocenters. The molecule has 0 spiro atoms. The van der Waals surface area contributed by atoms with Crippen molar-refractivity contribution >= 4 is 10.0 Å². The van der Waals surface area contributed by atoms with Crippen LogP contribution in [0.15, 0.2) is 66.1 Å². The number of benzene rings is 1. The Hall–Kier alpha value is -1.65. The third kappa shape index (κ3) is 4.47. The summed E-state index contributed by atoms with van der Waals surface area (Å²) in [7, 11) is -3.48. The summed E-state index contributed by atoms with van der Waals surface area (Å²) in [5.74, 6) is 0. The van der Waals surface area contributed by atoms with Crippen LogP contribution in [0.3, 0.4) is 0 Å². The highest BCUT2D eigenvalue weighted by Gasteiger charge is 2.21. The van der Waals surface area contributed by atoms with E-state index >= 15 is 0 Å². The fourth-order valence-corrected chi connectivity index (χ4v) is 3.00. The van der Waals surface area contributed by atoms with Gasteiger partial charge in [0.2, 0.25) is 10.0 Å². The summed E-state index contributed by atoms with van der Waals surface area (Å²) in [6.07, 6.45) is 9.00. The van der Waals surface area contributed by atoms with Gasteiger partial charge in [0.1, 0.15) is 0 Å². The summed E-state index contributed by atoms with van der Waals surface area (Å²) >= 11 is 0. The molecule has 1 rings (SSSR count). The molecule has 0 radical (unpaired) electrons. The lowest BCUT2D eigenvalue weighted by molar-refractivity contribution is 0.474. The predicted molar refractivity (Wildman–Crippen MR) is 84.1 cm³/mol. The van der Waals surface area contributed by atoms with Crippen LogP contribution in [0.5, 0.6) is 0 Å². The van der Waals surface area contributed by atoms with Gasteiger partial charge in [0.15, 0.2) is 0 Å². The van der Waals surface area contributed by atoms with Crippen molar-refractivity contribution in [2.45, 2.75) is 18.7 Å². The first-order chi connectivity index (χ1) is 9.52. The Balaban J connectivity index is 2.99. The molecule has 0 bridgehead atoms. The maximum absolute atomic E-state index is 12.5. The van der Waals surface area contributed by atoms with E-state index in [2.05, 4.69) is 6.58 Å². The third-order valence-corrected chi connectivity index (χ3v) is 4.59. The molecule has 0 aromatic heterocycles. The fourth-order valence-electron chi connectivity index (χ4n) is 1.64. The number of hydrogen-bond donors (Lipinski definition) is 0. The zero-order valence-corrected chi connectivity index (χ0v) is 12.8. The topological polar surface area (TPSA) is 37.4 Å². The van der Waals surface area contributed by atoms with E-state index in [1.807, 2.05) is 38.2 Å². The van der Waals surface area contributed by atoms with Crippen LogP contribution in [0.2, 0.25) is 0 Å². The minimum atomic E-state index is -3.48. The number of rotatable bonds is 7. The van der Waals surface area contributed by atoms with Crippen molar-refractivity contribution < 1.29 is 8.42 Å². The number of hydrogen-bond acceptors (Lipinski definition) is 2. The van der Waals surface area contributed by atoms with Crippen molar-refractivity contribution in [3.63, 3.8) is 0 Å². The molecule has 0 atom stereocenters. The van der Waals surface area contributed by atoms with E-state index in [9.17, 15) is 8.42 Å². The summed E-state index contributed by atoms with van der Waals surface area (Å²) in [4.78, 5) is 0.310. The third-order valence-electron chi connectivity index (χ3n) is 2.74. The lowest BCUT2D eigenvalue weighted by Crippen LogP contribution is -2.31. The highest BCUT2D eigenvalue weighted by molar-refractivity contribution is 7.89. The van der Waals surface area contributed by atoms with E-state index in [1.165, 1.54) is 4.31 Å². The molecule has 0 fully saturated rings. The smallest absolute Gasteiger partial charge is 0.207 e. The second-order valence-corrected chi connectivity index (χ2v) is 6.32. The Morgan fingerprint density at radius 3 is 2.35 bits per heavy atom. The zero-order chi connectivity index (χ0) is 15.0. The predicted octanol–water partition coefficient (Wildman–Crippen LogP) is 3.30. The van der Waals surface area contributed by atoms with Gasteiger partial charge in [-0.25, -0.2) is 8.42 Å². The normalized spacial score (nSPS) is 12.6. The summed E-state index contributed by atoms with van der Waals surface area (Å²) in [5.41, 5.74) is 1.03. The molecule has 0 aliphatic heterocycles. The van der Waals surface area contributed by atoms with Crippen molar-refractivity contribution in [2.24, 2.45) is 0 Å². The Labute approximate surface area is 122 Å². The monoisotopic (exact) mass is 291 g/mol. The van der Waals surface area contributed by atoms with Gasteiger partial charge in [-0.05, 0) is 26.0 Å². The second-order valence-electron chi connectivity index (χ2n) is 4.38. The van der Waals surface area contributed by atoms with E-state index in [0.717, 1.165) is 5.56 Å². The molecular weight excluding hydrogens is 270 g/mol. The van der Waals surface area contributed by atoms with E-state index in [-0.39, 0.29) is 6.54 Å². The van der Waals surface area contributed by atoms with Crippen LogP contribution >= 0.6 is 0 Å². The highest BCUT2D eigenvalue weighted by atomic mass is 32.2. The maximum atomic E-state index is 12.5. The molecule has 108 valence electrons. The molecule has 0 aliphatic rings. The summed E-state index contributed by atoms with van der Waals surface area (Å²) in [6.45, 7) is 8.08. The molecule has 0 saturated heterocycles. The molecular formula is C16H21NO2S. The summed E-state index contributed by atoms with van der Waals surface area (Å²) in [6, 6.07) is 6.87. The van der Waals surface area contributed by atoms with Gasteiger partial charge in [0.25, 0.3) is 0 Å². The Kier molecular flexibility index (Phi) is 6.42. The summed E-state index contributed by atoms with van der Waals surface area (Å²) in [5, 5.41) is 0. The molecule has 0 heterocycles. The van der Waals surface area contributed by atoms with Gasteiger partial charge in [-0.2, -0.15) is 4.31 Å². The van der Waals surface area contributed by atoms with E-state index < -0.39 is 10.0 Å². The van der Waals surface area contributed by atoms with Crippen LogP contribution in [0.4, 0.5) is 0 Å². The molecule has 20 heavy (non-hydrogen) atoms. The lowest BCUT2D eigenvalue weighted by Gasteiger charge is -2.19. The van der Waals surface area contributed by atoms with Crippen molar-refractivity contribution in [1.82, 2.24) is 4.31 Å². The van der Waals surface area contributed by atoms with Gasteiger partial charge in [-0.3, -0.25) is 0 Å². The van der Waals surface area contributed by atoms with E-state index in [1.54, 1.807) is 30.3 Å². The molecule has 0 saturated carbocycles. The van der Waals surface area contributed by atoms with Crippen LogP contribution in [-0.4, -0.2) is 25.8 Å². The minimum Gasteiger partial charge on any atom is -0.207 e. The van der Waals surface area contributed by atoms with Gasteiger partial charge in [0.05, 0.1) is 4.90 Å². The van der Waals surface area contributed by atoms with Crippen LogP contribution in [0.25, 0.3) is 0 Å². The summed E-state index contributed by atoms with van der Waals surface area (Å²) < 4.78 is 26.4. The Morgan fingerprint density at radius 2 is 1.80 bits per heavy atom. The Morgan fingerprint density at radius 1 is 1.15 bits per heavy atom. The first-order valence-electron chi connectivity index (χ1n) is 6.48. The Bertz CT molecular complexity index is 583. The average molecular weight is 291 g/mol. The molecule has 1 aromatic rings. The molecule has 0 aliphatic carbocycles. The number of aryl methyl sites for hydroxylation is 1. The number of sulfonamides is 1. The standard InChI is InChI=1S/C16H21NO2S/c1-4-6-7-8-14-17(13-5-2)20(18,19)16-11-9-15(3)10-12-16/h4-12H,2,13-14H2,1,3H3/b6-4+,8-7-. The molecule has 0 amide bonds. The van der Waals surface area contributed by atoms with E-state index in [0.29, 0.717) is 11.4 Å². The van der Waals surface area contributed by atoms with Crippen molar-refractivity contribution in [1.29, 1.82) is 0 Å². The van der Waals surface area contributed by atoms with Gasteiger partial charge in [0, 0.05) is 13.1 Å². The second kappa shape index (κ2) is 7.82. The molecule has 4 heteroatoms. The lowest BCUT2D eigenvalue weighted by atomic mass is 10.2. The van der Waals surface area contributed by atoms with Gasteiger partial charge >= 0.3 is 0 Å². The number of nitrogens with zero attached hydrogens (tertiary/aromatic N) is 1. The quantitative estimate of drug-likeness (QED) is 0.571. The maximum Gasteiger partial charge on any atom is 0.243 e. The van der Waals surface area contributed by atoms with E-state index in [4.69, 9.17) is 0 Å². The van der Waals surface area contributed by atoms with Crippen molar-refractivity contribution in [3.8, 4) is 0 Å². The molecule has 1 aromatic carbocycles. The fraction of sp³-hybridized carbons (Fsp3) is 0.250. The van der Waals surface area contributed by atoms with Gasteiger partial charge in [-0.1, -0.05) is 48.1 Å². The number of allylic oxidation sites excluding steroid dienone is 3. The first kappa shape index (κ1) is 16.4. The minimum absolute atomic E-state index is 0.288. The molecule has 3 nitrogen and oxygen atoms in total. The highest BCUT2D eigenvalue weighted by Crippen LogP contribution is 2.16. The SMILES string of the molecule is C=CCN(C/C=C\C=C\C)S(=O)(=O)c1ccc(C)cc1. The van der Waals surface area contributed by atoms with Crippen molar-refractivity contribution in [3.05, 3.63) is 66.8 Å². The molecule has 0 N–H and O–H groups in total. The largest absolute Gasteiger partial charge is 0.243 e. The average Bonchev–Trinajstić information content (AvgIpc) is 2.42. The van der Waals surface area contributed by atoms with Crippen LogP contribution in [-0.2, 0) is 10.0 Å². The van der Waals surface area contributed by atoms with Gasteiger partial charge < -0.3 is 0 Å². The van der Waals surface area contributed by atoms with Crippen LogP contribution in [0, 0.1) is 6.92 Å².